The number of carbonyl (C=O) groups is 2. The van der Waals surface area contributed by atoms with Gasteiger partial charge in [-0.15, -0.1) is 0 Å². The topological polar surface area (TPSA) is 57.6 Å². The Balaban J connectivity index is 2.51. The molecule has 1 fully saturated rings. The molecule has 1 amide bonds. The highest BCUT2D eigenvalue weighted by Gasteiger charge is 2.41. The second kappa shape index (κ2) is 5.43. The maximum absolute atomic E-state index is 12.8. The molecule has 1 aromatic rings. The summed E-state index contributed by atoms with van der Waals surface area (Å²) in [4.78, 5) is 23.3. The minimum atomic E-state index is -5.04. The van der Waals surface area contributed by atoms with Gasteiger partial charge in [-0.05, 0) is 24.6 Å². The fourth-order valence-corrected chi connectivity index (χ4v) is 2.26. The fourth-order valence-electron chi connectivity index (χ4n) is 2.26. The highest BCUT2D eigenvalue weighted by molar-refractivity contribution is 6.07. The maximum atomic E-state index is 12.8. The van der Waals surface area contributed by atoms with Crippen molar-refractivity contribution >= 4 is 17.6 Å². The smallest absolute Gasteiger partial charge is 0.416 e. The van der Waals surface area contributed by atoms with Crippen LogP contribution >= 0.6 is 0 Å². The van der Waals surface area contributed by atoms with Crippen LogP contribution in [0.3, 0.4) is 0 Å². The number of anilines is 1. The SMILES string of the molecule is O=C(O)C1CCN(c2cc(C(F)(F)F)cc(C(F)(F)F)c2)C1=O. The molecule has 1 aromatic carbocycles. The van der Waals surface area contributed by atoms with E-state index in [0.29, 0.717) is 17.0 Å². The molecule has 0 aliphatic carbocycles. The van der Waals surface area contributed by atoms with Crippen LogP contribution in [0.2, 0.25) is 0 Å². The lowest BCUT2D eigenvalue weighted by molar-refractivity contribution is -0.146. The van der Waals surface area contributed by atoms with Crippen LogP contribution in [0.1, 0.15) is 17.5 Å². The standard InChI is InChI=1S/C13H9F6NO3/c14-12(15,16)6-3-7(13(17,18)19)5-8(4-6)20-2-1-9(10(20)21)11(22)23/h3-5,9H,1-2H2,(H,22,23). The quantitative estimate of drug-likeness (QED) is 0.664. The lowest BCUT2D eigenvalue weighted by Crippen LogP contribution is -2.30. The van der Waals surface area contributed by atoms with E-state index in [4.69, 9.17) is 5.11 Å². The van der Waals surface area contributed by atoms with Crippen molar-refractivity contribution < 1.29 is 41.0 Å². The number of nitrogens with zero attached hydrogens (tertiary/aromatic N) is 1. The van der Waals surface area contributed by atoms with Crippen LogP contribution in [-0.2, 0) is 21.9 Å². The average molecular weight is 341 g/mol. The number of carbonyl (C=O) groups excluding carboxylic acids is 1. The first-order valence-electron chi connectivity index (χ1n) is 6.25. The molecule has 1 aliphatic rings. The Morgan fingerprint density at radius 2 is 1.52 bits per heavy atom. The molecule has 0 radical (unpaired) electrons. The van der Waals surface area contributed by atoms with Crippen molar-refractivity contribution in [1.82, 2.24) is 0 Å². The predicted molar refractivity (Wildman–Crippen MR) is 64.5 cm³/mol. The molecule has 1 unspecified atom stereocenters. The molecule has 1 N–H and O–H groups in total. The van der Waals surface area contributed by atoms with Gasteiger partial charge in [-0.25, -0.2) is 0 Å². The Labute approximate surface area is 125 Å². The van der Waals surface area contributed by atoms with Crippen LogP contribution in [-0.4, -0.2) is 23.5 Å². The molecule has 1 heterocycles. The van der Waals surface area contributed by atoms with E-state index in [1.807, 2.05) is 0 Å². The summed E-state index contributed by atoms with van der Waals surface area (Å²) >= 11 is 0. The summed E-state index contributed by atoms with van der Waals surface area (Å²) in [5.74, 6) is -3.98. The predicted octanol–water partition coefficient (Wildman–Crippen LogP) is 3.16. The highest BCUT2D eigenvalue weighted by Crippen LogP contribution is 2.39. The summed E-state index contributed by atoms with van der Waals surface area (Å²) in [6.45, 7) is -0.269. The van der Waals surface area contributed by atoms with Crippen LogP contribution in [0.4, 0.5) is 32.0 Å². The number of rotatable bonds is 2. The number of halogens is 6. The van der Waals surface area contributed by atoms with Gasteiger partial charge in [-0.3, -0.25) is 9.59 Å². The number of carboxylic acid groups (broad SMARTS) is 1. The number of benzene rings is 1. The van der Waals surface area contributed by atoms with E-state index in [1.165, 1.54) is 0 Å². The van der Waals surface area contributed by atoms with E-state index in [2.05, 4.69) is 0 Å². The number of alkyl halides is 6. The zero-order valence-electron chi connectivity index (χ0n) is 11.2. The molecule has 0 aromatic heterocycles. The third-order valence-corrected chi connectivity index (χ3v) is 3.39. The largest absolute Gasteiger partial charge is 0.481 e. The third-order valence-electron chi connectivity index (χ3n) is 3.39. The summed E-state index contributed by atoms with van der Waals surface area (Å²) in [6, 6.07) is 0.744. The molecule has 0 spiro atoms. The monoisotopic (exact) mass is 341 g/mol. The minimum absolute atomic E-state index is 0.0568. The first-order valence-corrected chi connectivity index (χ1v) is 6.25. The molecule has 23 heavy (non-hydrogen) atoms. The molecule has 10 heteroatoms. The van der Waals surface area contributed by atoms with Crippen LogP contribution < -0.4 is 4.90 Å². The minimum Gasteiger partial charge on any atom is -0.481 e. The van der Waals surface area contributed by atoms with Crippen molar-refractivity contribution in [3.05, 3.63) is 29.3 Å². The number of hydrogen-bond acceptors (Lipinski definition) is 2. The molecule has 0 saturated carbocycles. The van der Waals surface area contributed by atoms with Gasteiger partial charge in [0.05, 0.1) is 11.1 Å². The first-order chi connectivity index (χ1) is 10.4. The summed E-state index contributed by atoms with van der Waals surface area (Å²) in [7, 11) is 0. The van der Waals surface area contributed by atoms with Crippen LogP contribution in [0.5, 0.6) is 0 Å². The first kappa shape index (κ1) is 17.1. The second-order valence-corrected chi connectivity index (χ2v) is 4.93. The Bertz CT molecular complexity index is 620. The normalized spacial score (nSPS) is 19.3. The Hall–Kier alpha value is -2.26. The molecule has 2 rings (SSSR count). The number of amides is 1. The Morgan fingerprint density at radius 3 is 1.87 bits per heavy atom. The lowest BCUT2D eigenvalue weighted by Gasteiger charge is -2.20. The summed E-state index contributed by atoms with van der Waals surface area (Å²) in [6.07, 6.45) is -10.3. The average Bonchev–Trinajstić information content (AvgIpc) is 2.78. The van der Waals surface area contributed by atoms with Crippen LogP contribution in [0.25, 0.3) is 0 Å². The van der Waals surface area contributed by atoms with Crippen molar-refractivity contribution in [2.75, 3.05) is 11.4 Å². The van der Waals surface area contributed by atoms with E-state index < -0.39 is 47.0 Å². The summed E-state index contributed by atoms with van der Waals surface area (Å²) < 4.78 is 76.6. The van der Waals surface area contributed by atoms with Crippen molar-refractivity contribution in [1.29, 1.82) is 0 Å². The van der Waals surface area contributed by atoms with Gasteiger partial charge < -0.3 is 10.0 Å². The molecular weight excluding hydrogens is 332 g/mol. The molecule has 1 aliphatic heterocycles. The van der Waals surface area contributed by atoms with Gasteiger partial charge in [0.1, 0.15) is 5.92 Å². The van der Waals surface area contributed by atoms with E-state index >= 15 is 0 Å². The lowest BCUT2D eigenvalue weighted by atomic mass is 10.1. The van der Waals surface area contributed by atoms with Gasteiger partial charge in [0, 0.05) is 12.2 Å². The van der Waals surface area contributed by atoms with Gasteiger partial charge in [0.15, 0.2) is 0 Å². The van der Waals surface area contributed by atoms with Gasteiger partial charge in [0.25, 0.3) is 0 Å². The van der Waals surface area contributed by atoms with Gasteiger partial charge in [-0.2, -0.15) is 26.3 Å². The zero-order valence-corrected chi connectivity index (χ0v) is 11.2. The van der Waals surface area contributed by atoms with E-state index in [9.17, 15) is 35.9 Å². The van der Waals surface area contributed by atoms with Gasteiger partial charge >= 0.3 is 18.3 Å². The third kappa shape index (κ3) is 3.40. The fraction of sp³-hybridized carbons (Fsp3) is 0.385. The Kier molecular flexibility index (Phi) is 4.03. The van der Waals surface area contributed by atoms with Crippen molar-refractivity contribution in [2.45, 2.75) is 18.8 Å². The van der Waals surface area contributed by atoms with E-state index in [0.717, 1.165) is 0 Å². The van der Waals surface area contributed by atoms with Crippen molar-refractivity contribution in [2.24, 2.45) is 5.92 Å². The van der Waals surface area contributed by atoms with Gasteiger partial charge in [-0.1, -0.05) is 0 Å². The highest BCUT2D eigenvalue weighted by atomic mass is 19.4. The summed E-state index contributed by atoms with van der Waals surface area (Å²) in [5, 5.41) is 8.81. The van der Waals surface area contributed by atoms with Crippen LogP contribution in [0.15, 0.2) is 18.2 Å². The van der Waals surface area contributed by atoms with E-state index in [-0.39, 0.29) is 19.0 Å². The molecule has 1 saturated heterocycles. The van der Waals surface area contributed by atoms with E-state index in [1.54, 1.807) is 0 Å². The number of carboxylic acids is 1. The van der Waals surface area contributed by atoms with Crippen molar-refractivity contribution in [3.63, 3.8) is 0 Å². The Morgan fingerprint density at radius 1 is 1.04 bits per heavy atom. The molecule has 4 nitrogen and oxygen atoms in total. The van der Waals surface area contributed by atoms with Gasteiger partial charge in [0.2, 0.25) is 5.91 Å². The molecule has 126 valence electrons. The second-order valence-electron chi connectivity index (χ2n) is 4.93. The number of aliphatic carboxylic acids is 1. The summed E-state index contributed by atoms with van der Waals surface area (Å²) in [5.41, 5.74) is -3.75. The van der Waals surface area contributed by atoms with Crippen molar-refractivity contribution in [3.8, 4) is 0 Å². The maximum Gasteiger partial charge on any atom is 0.416 e. The molecule has 1 atom stereocenters. The van der Waals surface area contributed by atoms with Crippen LogP contribution in [0, 0.1) is 5.92 Å². The molecule has 0 bridgehead atoms. The molecular formula is C13H9F6NO3. The zero-order chi connectivity index (χ0) is 17.6. The number of hydrogen-bond donors (Lipinski definition) is 1.